The molecule has 32 heavy (non-hydrogen) atoms. The fourth-order valence-corrected chi connectivity index (χ4v) is 4.15. The van der Waals surface area contributed by atoms with E-state index in [0.29, 0.717) is 17.7 Å². The van der Waals surface area contributed by atoms with Crippen LogP contribution >= 0.6 is 0 Å². The fraction of sp³-hybridized carbons (Fsp3) is 0.227. The summed E-state index contributed by atoms with van der Waals surface area (Å²) in [4.78, 5) is 54.8. The summed E-state index contributed by atoms with van der Waals surface area (Å²) in [6.45, 7) is 0.215. The maximum absolute atomic E-state index is 12.9. The predicted octanol–water partition coefficient (Wildman–Crippen LogP) is 0.979. The van der Waals surface area contributed by atoms with Crippen LogP contribution in [-0.2, 0) is 20.9 Å². The molecule has 0 spiro atoms. The Labute approximate surface area is 182 Å². The highest BCUT2D eigenvalue weighted by molar-refractivity contribution is 6.06. The maximum Gasteiger partial charge on any atom is 0.258 e. The summed E-state index contributed by atoms with van der Waals surface area (Å²) < 4.78 is 1.56. The van der Waals surface area contributed by atoms with Crippen molar-refractivity contribution < 1.29 is 19.2 Å². The van der Waals surface area contributed by atoms with Gasteiger partial charge in [-0.15, -0.1) is 0 Å². The second-order valence-corrected chi connectivity index (χ2v) is 7.72. The minimum atomic E-state index is -0.682. The molecular weight excluding hydrogens is 412 g/mol. The Hall–Kier alpha value is -4.21. The number of fused-ring (bicyclic) bond motifs is 2. The van der Waals surface area contributed by atoms with E-state index in [1.165, 1.54) is 4.90 Å². The van der Waals surface area contributed by atoms with E-state index >= 15 is 0 Å². The Morgan fingerprint density at radius 3 is 2.81 bits per heavy atom. The molecule has 0 aliphatic carbocycles. The Balaban J connectivity index is 1.28. The van der Waals surface area contributed by atoms with Gasteiger partial charge in [0.05, 0.1) is 17.6 Å². The summed E-state index contributed by atoms with van der Waals surface area (Å²) >= 11 is 0. The molecule has 3 N–H and O–H groups in total. The number of rotatable bonds is 5. The van der Waals surface area contributed by atoms with Crippen LogP contribution in [0.3, 0.4) is 0 Å². The first-order chi connectivity index (χ1) is 15.5. The van der Waals surface area contributed by atoms with Crippen molar-refractivity contribution >= 4 is 40.3 Å². The summed E-state index contributed by atoms with van der Waals surface area (Å²) in [5, 5.41) is 5.38. The van der Waals surface area contributed by atoms with Gasteiger partial charge in [0, 0.05) is 29.8 Å². The molecule has 5 rings (SSSR count). The van der Waals surface area contributed by atoms with Gasteiger partial charge >= 0.3 is 0 Å². The topological polar surface area (TPSA) is 125 Å². The molecule has 0 saturated carbocycles. The first kappa shape index (κ1) is 19.7. The molecule has 1 unspecified atom stereocenters. The van der Waals surface area contributed by atoms with Crippen molar-refractivity contribution in [3.63, 3.8) is 0 Å². The van der Waals surface area contributed by atoms with Crippen LogP contribution in [-0.4, -0.2) is 50.8 Å². The zero-order valence-corrected chi connectivity index (χ0v) is 17.0. The van der Waals surface area contributed by atoms with Crippen LogP contribution < -0.4 is 16.1 Å². The monoisotopic (exact) mass is 432 g/mol. The Morgan fingerprint density at radius 1 is 1.12 bits per heavy atom. The van der Waals surface area contributed by atoms with E-state index in [-0.39, 0.29) is 37.2 Å². The van der Waals surface area contributed by atoms with Crippen molar-refractivity contribution in [3.05, 3.63) is 59.9 Å². The number of imide groups is 1. The average Bonchev–Trinajstić information content (AvgIpc) is 3.34. The summed E-state index contributed by atoms with van der Waals surface area (Å²) in [6.07, 6.45) is 2.04. The molecule has 2 aliphatic rings. The molecule has 10 nitrogen and oxygen atoms in total. The highest BCUT2D eigenvalue weighted by Gasteiger charge is 2.39. The SMILES string of the molecule is O=C1CCC(N2Cc3c(NCC(=O)Nn4cnc5ccccc54)cccc3C2=O)C(=O)N1. The number of carbonyl (C=O) groups is 4. The molecule has 162 valence electrons. The van der Waals surface area contributed by atoms with Crippen LogP contribution in [0.4, 0.5) is 5.69 Å². The molecule has 1 fully saturated rings. The van der Waals surface area contributed by atoms with Crippen LogP contribution in [0.1, 0.15) is 28.8 Å². The van der Waals surface area contributed by atoms with Crippen molar-refractivity contribution in [2.24, 2.45) is 0 Å². The third-order valence-electron chi connectivity index (χ3n) is 5.72. The predicted molar refractivity (Wildman–Crippen MR) is 115 cm³/mol. The molecule has 3 heterocycles. The van der Waals surface area contributed by atoms with Crippen molar-refractivity contribution in [2.75, 3.05) is 17.3 Å². The molecular formula is C22H20N6O4. The number of nitrogens with one attached hydrogen (secondary N) is 3. The number of aromatic nitrogens is 2. The van der Waals surface area contributed by atoms with Crippen molar-refractivity contribution in [2.45, 2.75) is 25.4 Å². The van der Waals surface area contributed by atoms with E-state index in [2.05, 4.69) is 21.0 Å². The third-order valence-corrected chi connectivity index (χ3v) is 5.72. The van der Waals surface area contributed by atoms with Gasteiger partial charge in [-0.1, -0.05) is 18.2 Å². The molecule has 1 aromatic heterocycles. The van der Waals surface area contributed by atoms with Gasteiger partial charge in [0.2, 0.25) is 11.8 Å². The number of carbonyl (C=O) groups excluding carboxylic acids is 4. The van der Waals surface area contributed by atoms with E-state index in [1.54, 1.807) is 29.2 Å². The third kappa shape index (κ3) is 3.45. The van der Waals surface area contributed by atoms with Gasteiger partial charge in [-0.3, -0.25) is 29.9 Å². The number of hydrogen-bond donors (Lipinski definition) is 3. The molecule has 0 bridgehead atoms. The maximum atomic E-state index is 12.9. The zero-order valence-electron chi connectivity index (χ0n) is 17.0. The number of anilines is 1. The normalized spacial score (nSPS) is 17.9. The van der Waals surface area contributed by atoms with Gasteiger partial charge in [0.25, 0.3) is 11.8 Å². The largest absolute Gasteiger partial charge is 0.376 e. The molecule has 1 atom stereocenters. The van der Waals surface area contributed by atoms with Crippen LogP contribution in [0.25, 0.3) is 11.0 Å². The lowest BCUT2D eigenvalue weighted by molar-refractivity contribution is -0.137. The van der Waals surface area contributed by atoms with Crippen LogP contribution in [0.5, 0.6) is 0 Å². The summed E-state index contributed by atoms with van der Waals surface area (Å²) in [5.74, 6) is -1.32. The van der Waals surface area contributed by atoms with Crippen molar-refractivity contribution in [1.29, 1.82) is 0 Å². The van der Waals surface area contributed by atoms with Gasteiger partial charge in [0.1, 0.15) is 12.4 Å². The number of para-hydroxylation sites is 2. The number of piperidine rings is 1. The lowest BCUT2D eigenvalue weighted by Gasteiger charge is -2.29. The quantitative estimate of drug-likeness (QED) is 0.516. The summed E-state index contributed by atoms with van der Waals surface area (Å²) in [7, 11) is 0. The van der Waals surface area contributed by atoms with E-state index in [9.17, 15) is 19.2 Å². The number of amides is 4. The smallest absolute Gasteiger partial charge is 0.258 e. The minimum Gasteiger partial charge on any atom is -0.376 e. The average molecular weight is 432 g/mol. The summed E-state index contributed by atoms with van der Waals surface area (Å²) in [5.41, 5.74) is 6.19. The highest BCUT2D eigenvalue weighted by atomic mass is 16.2. The van der Waals surface area contributed by atoms with E-state index in [4.69, 9.17) is 0 Å². The van der Waals surface area contributed by atoms with Crippen molar-refractivity contribution in [1.82, 2.24) is 19.9 Å². The fourth-order valence-electron chi connectivity index (χ4n) is 4.15. The lowest BCUT2D eigenvalue weighted by Crippen LogP contribution is -2.52. The Bertz CT molecular complexity index is 1270. The van der Waals surface area contributed by atoms with E-state index < -0.39 is 11.9 Å². The van der Waals surface area contributed by atoms with Gasteiger partial charge in [-0.25, -0.2) is 9.66 Å². The first-order valence-corrected chi connectivity index (χ1v) is 10.2. The minimum absolute atomic E-state index is 0.0183. The van der Waals surface area contributed by atoms with Gasteiger partial charge in [0.15, 0.2) is 0 Å². The molecule has 4 amide bonds. The lowest BCUT2D eigenvalue weighted by atomic mass is 10.0. The molecule has 2 aliphatic heterocycles. The zero-order chi connectivity index (χ0) is 22.2. The number of hydrogen-bond acceptors (Lipinski definition) is 6. The van der Waals surface area contributed by atoms with E-state index in [0.717, 1.165) is 16.6 Å². The standard InChI is InChI=1S/C22H20N6O4/c29-19-9-8-18(21(31)25-19)27-11-14-13(22(27)32)4-3-6-15(14)23-10-20(30)26-28-12-24-16-5-1-2-7-17(16)28/h1-7,12,18,23H,8-11H2,(H,26,30)(H,25,29,31). The van der Waals surface area contributed by atoms with Crippen LogP contribution in [0, 0.1) is 0 Å². The second-order valence-electron chi connectivity index (χ2n) is 7.72. The summed E-state index contributed by atoms with van der Waals surface area (Å²) in [6, 6.07) is 12.0. The van der Waals surface area contributed by atoms with Gasteiger partial charge in [-0.05, 0) is 30.7 Å². The molecule has 10 heteroatoms. The molecule has 1 saturated heterocycles. The molecule has 2 aromatic carbocycles. The highest BCUT2D eigenvalue weighted by Crippen LogP contribution is 2.32. The number of benzene rings is 2. The van der Waals surface area contributed by atoms with E-state index in [1.807, 2.05) is 24.3 Å². The molecule has 3 aromatic rings. The van der Waals surface area contributed by atoms with Gasteiger partial charge in [-0.2, -0.15) is 0 Å². The number of imidazole rings is 1. The van der Waals surface area contributed by atoms with Crippen LogP contribution in [0.15, 0.2) is 48.8 Å². The Kier molecular flexibility index (Phi) is 4.81. The Morgan fingerprint density at radius 2 is 1.97 bits per heavy atom. The van der Waals surface area contributed by atoms with Gasteiger partial charge < -0.3 is 10.2 Å². The number of nitrogens with zero attached hydrogens (tertiary/aromatic N) is 3. The first-order valence-electron chi connectivity index (χ1n) is 10.2. The van der Waals surface area contributed by atoms with Crippen molar-refractivity contribution in [3.8, 4) is 0 Å². The van der Waals surface area contributed by atoms with Crippen LogP contribution in [0.2, 0.25) is 0 Å². The second kappa shape index (κ2) is 7.80. The molecule has 0 radical (unpaired) electrons.